The third-order valence-electron chi connectivity index (χ3n) is 5.74. The third kappa shape index (κ3) is 6.28. The summed E-state index contributed by atoms with van der Waals surface area (Å²) in [6.07, 6.45) is 3.66. The third-order valence-corrected chi connectivity index (χ3v) is 6.21. The van der Waals surface area contributed by atoms with Gasteiger partial charge in [0, 0.05) is 41.1 Å². The van der Waals surface area contributed by atoms with Crippen LogP contribution in [0.1, 0.15) is 22.3 Å². The summed E-state index contributed by atoms with van der Waals surface area (Å²) in [5.41, 5.74) is 5.95. The molecule has 4 nitrogen and oxygen atoms in total. The van der Waals surface area contributed by atoms with E-state index in [0.717, 1.165) is 53.5 Å². The van der Waals surface area contributed by atoms with Gasteiger partial charge in [0.05, 0.1) is 17.9 Å². The van der Waals surface area contributed by atoms with Crippen molar-refractivity contribution in [2.45, 2.75) is 6.54 Å². The molecule has 0 saturated carbocycles. The predicted molar refractivity (Wildman–Crippen MR) is 152 cm³/mol. The van der Waals surface area contributed by atoms with Crippen molar-refractivity contribution < 1.29 is 0 Å². The number of hydrogen-bond donors (Lipinski definition) is 0. The second-order valence-corrected chi connectivity index (χ2v) is 9.35. The monoisotopic (exact) mass is 510 g/mol. The highest BCUT2D eigenvalue weighted by molar-refractivity contribution is 6.31. The van der Waals surface area contributed by atoms with Crippen molar-refractivity contribution in [3.05, 3.63) is 129 Å². The molecule has 178 valence electrons. The average Bonchev–Trinajstić information content (AvgIpc) is 3.35. The Labute approximate surface area is 221 Å². The molecule has 1 aliphatic rings. The number of nitrogens with zero attached hydrogens (tertiary/aromatic N) is 4. The van der Waals surface area contributed by atoms with Gasteiger partial charge >= 0.3 is 0 Å². The molecule has 0 aromatic heterocycles. The highest BCUT2D eigenvalue weighted by atomic mass is 35.5. The molecule has 0 saturated heterocycles. The minimum absolute atomic E-state index is 0.697. The average molecular weight is 511 g/mol. The maximum Gasteiger partial charge on any atom is 0.131 e. The molecule has 6 heteroatoms. The predicted octanol–water partition coefficient (Wildman–Crippen LogP) is 7.76. The van der Waals surface area contributed by atoms with Crippen LogP contribution in [0.5, 0.6) is 0 Å². The van der Waals surface area contributed by atoms with Crippen LogP contribution < -0.4 is 0 Å². The topological polar surface area (TPSA) is 40.3 Å². The molecule has 0 amide bonds. The molecule has 0 N–H and O–H groups in total. The van der Waals surface area contributed by atoms with E-state index >= 15 is 0 Å². The molecule has 5 rings (SSSR count). The molecule has 36 heavy (non-hydrogen) atoms. The van der Waals surface area contributed by atoms with Crippen molar-refractivity contribution in [3.63, 3.8) is 0 Å². The maximum absolute atomic E-state index is 6.09. The Morgan fingerprint density at radius 1 is 0.722 bits per heavy atom. The normalized spacial score (nSPS) is 13.6. The summed E-state index contributed by atoms with van der Waals surface area (Å²) in [7, 11) is 0. The van der Waals surface area contributed by atoms with E-state index in [1.54, 1.807) is 0 Å². The lowest BCUT2D eigenvalue weighted by Gasteiger charge is -2.21. The first kappa shape index (κ1) is 24.0. The van der Waals surface area contributed by atoms with E-state index in [1.807, 2.05) is 85.2 Å². The van der Waals surface area contributed by atoms with Gasteiger partial charge in [-0.25, -0.2) is 0 Å². The molecule has 0 unspecified atom stereocenters. The van der Waals surface area contributed by atoms with Crippen LogP contribution >= 0.6 is 23.2 Å². The molecule has 4 aromatic rings. The second-order valence-electron chi connectivity index (χ2n) is 8.47. The van der Waals surface area contributed by atoms with E-state index in [1.165, 1.54) is 5.56 Å². The van der Waals surface area contributed by atoms with Crippen LogP contribution in [0.15, 0.2) is 112 Å². The smallest absolute Gasteiger partial charge is 0.131 e. The van der Waals surface area contributed by atoms with Crippen LogP contribution in [-0.2, 0) is 6.54 Å². The van der Waals surface area contributed by atoms with Crippen LogP contribution in [0, 0.1) is 0 Å². The second kappa shape index (κ2) is 11.3. The Morgan fingerprint density at radius 2 is 1.33 bits per heavy atom. The van der Waals surface area contributed by atoms with Crippen molar-refractivity contribution in [1.29, 1.82) is 0 Å². The lowest BCUT2D eigenvalue weighted by Crippen LogP contribution is -2.27. The number of hydrogen-bond acceptors (Lipinski definition) is 4. The van der Waals surface area contributed by atoms with Gasteiger partial charge in [-0.1, -0.05) is 71.7 Å². The molecule has 1 aliphatic heterocycles. The van der Waals surface area contributed by atoms with Crippen LogP contribution in [-0.4, -0.2) is 36.3 Å². The largest absolute Gasteiger partial charge is 0.350 e. The van der Waals surface area contributed by atoms with Crippen molar-refractivity contribution in [2.75, 3.05) is 13.1 Å². The van der Waals surface area contributed by atoms with Gasteiger partial charge in [0.25, 0.3) is 0 Å². The Morgan fingerprint density at radius 3 is 2.00 bits per heavy atom. The number of aliphatic imine (C=N–C) groups is 3. The molecule has 4 aromatic carbocycles. The van der Waals surface area contributed by atoms with Gasteiger partial charge in [0.2, 0.25) is 0 Å². The van der Waals surface area contributed by atoms with Crippen molar-refractivity contribution in [2.24, 2.45) is 15.0 Å². The SMILES string of the molecule is Clc1cccc(C=Nc2cccc(CN3CCN=C3c3cccc(N=Cc4cccc(Cl)c4)c3)c2)c1. The van der Waals surface area contributed by atoms with E-state index < -0.39 is 0 Å². The zero-order valence-electron chi connectivity index (χ0n) is 19.6. The van der Waals surface area contributed by atoms with Crippen molar-refractivity contribution in [1.82, 2.24) is 4.90 Å². The fraction of sp³-hybridized carbons (Fsp3) is 0.100. The zero-order valence-corrected chi connectivity index (χ0v) is 21.1. The van der Waals surface area contributed by atoms with Crippen LogP contribution in [0.4, 0.5) is 11.4 Å². The standard InChI is InChI=1S/C30H24Cl2N4/c31-26-9-1-5-22(15-26)19-34-28-11-3-7-24(17-28)21-36-14-13-33-30(36)25-8-4-12-29(18-25)35-20-23-6-2-10-27(32)16-23/h1-12,15-20H,13-14,21H2. The summed E-state index contributed by atoms with van der Waals surface area (Å²) in [6.45, 7) is 2.41. The highest BCUT2D eigenvalue weighted by Gasteiger charge is 2.19. The van der Waals surface area contributed by atoms with E-state index in [9.17, 15) is 0 Å². The summed E-state index contributed by atoms with van der Waals surface area (Å²) in [6, 6.07) is 31.8. The van der Waals surface area contributed by atoms with E-state index in [-0.39, 0.29) is 0 Å². The van der Waals surface area contributed by atoms with Crippen molar-refractivity contribution in [3.8, 4) is 0 Å². The molecule has 0 fully saturated rings. The molecular weight excluding hydrogens is 487 g/mol. The fourth-order valence-corrected chi connectivity index (χ4v) is 4.46. The first-order valence-corrected chi connectivity index (χ1v) is 12.5. The molecule has 0 bridgehead atoms. The zero-order chi connectivity index (χ0) is 24.7. The lowest BCUT2D eigenvalue weighted by atomic mass is 10.1. The Kier molecular flexibility index (Phi) is 7.55. The van der Waals surface area contributed by atoms with E-state index in [2.05, 4.69) is 39.2 Å². The Balaban J connectivity index is 1.29. The highest BCUT2D eigenvalue weighted by Crippen LogP contribution is 2.22. The van der Waals surface area contributed by atoms with E-state index in [4.69, 9.17) is 28.2 Å². The van der Waals surface area contributed by atoms with Crippen LogP contribution in [0.25, 0.3) is 0 Å². The van der Waals surface area contributed by atoms with Crippen LogP contribution in [0.3, 0.4) is 0 Å². The summed E-state index contributed by atoms with van der Waals surface area (Å²) in [4.78, 5) is 16.4. The lowest BCUT2D eigenvalue weighted by molar-refractivity contribution is 0.453. The van der Waals surface area contributed by atoms with Gasteiger partial charge in [-0.05, 0) is 65.2 Å². The quantitative estimate of drug-likeness (QED) is 0.234. The number of amidine groups is 1. The molecule has 0 atom stereocenters. The first-order valence-electron chi connectivity index (χ1n) is 11.7. The Hall–Kier alpha value is -3.73. The molecule has 1 heterocycles. The fourth-order valence-electron chi connectivity index (χ4n) is 4.06. The van der Waals surface area contributed by atoms with Gasteiger partial charge < -0.3 is 4.90 Å². The van der Waals surface area contributed by atoms with Gasteiger partial charge in [-0.15, -0.1) is 0 Å². The van der Waals surface area contributed by atoms with Gasteiger partial charge in [0.15, 0.2) is 0 Å². The summed E-state index contributed by atoms with van der Waals surface area (Å²) in [5.74, 6) is 0.989. The summed E-state index contributed by atoms with van der Waals surface area (Å²) in [5, 5.41) is 1.40. The minimum Gasteiger partial charge on any atom is -0.350 e. The van der Waals surface area contributed by atoms with Crippen molar-refractivity contribution >= 4 is 52.8 Å². The molecule has 0 aliphatic carbocycles. The first-order chi connectivity index (χ1) is 17.6. The number of halogens is 2. The summed E-state index contributed by atoms with van der Waals surface area (Å²) >= 11 is 12.2. The molecule has 0 radical (unpaired) electrons. The van der Waals surface area contributed by atoms with Crippen LogP contribution in [0.2, 0.25) is 10.0 Å². The maximum atomic E-state index is 6.09. The minimum atomic E-state index is 0.697. The number of rotatable bonds is 7. The summed E-state index contributed by atoms with van der Waals surface area (Å²) < 4.78 is 0. The molecule has 0 spiro atoms. The Bertz CT molecular complexity index is 1460. The van der Waals surface area contributed by atoms with Gasteiger partial charge in [0.1, 0.15) is 5.84 Å². The van der Waals surface area contributed by atoms with E-state index in [0.29, 0.717) is 10.0 Å². The van der Waals surface area contributed by atoms with Gasteiger partial charge in [-0.2, -0.15) is 0 Å². The van der Waals surface area contributed by atoms with Gasteiger partial charge in [-0.3, -0.25) is 15.0 Å². The number of benzene rings is 4. The molecular formula is C30H24Cl2N4.